The Morgan fingerprint density at radius 2 is 1.96 bits per heavy atom. The Morgan fingerprint density at radius 3 is 2.62 bits per heavy atom. The normalized spacial score (nSPS) is 12.0. The molecule has 1 aromatic carbocycles. The van der Waals surface area contributed by atoms with Crippen LogP contribution in [0.1, 0.15) is 52.2 Å². The summed E-state index contributed by atoms with van der Waals surface area (Å²) in [6.07, 6.45) is 3.95. The van der Waals surface area contributed by atoms with Crippen LogP contribution in [0.2, 0.25) is 0 Å². The van der Waals surface area contributed by atoms with Crippen LogP contribution in [0, 0.1) is 5.92 Å². The molecular weight excluding hydrogens is 332 g/mol. The maximum Gasteiger partial charge on any atom is 0.306 e. The van der Waals surface area contributed by atoms with Crippen LogP contribution in [-0.4, -0.2) is 16.2 Å². The van der Waals surface area contributed by atoms with E-state index >= 15 is 0 Å². The minimum absolute atomic E-state index is 0.00125. The zero-order valence-electron chi connectivity index (χ0n) is 15.7. The van der Waals surface area contributed by atoms with E-state index in [-0.39, 0.29) is 23.4 Å². The third kappa shape index (κ3) is 5.41. The van der Waals surface area contributed by atoms with Gasteiger partial charge in [0.1, 0.15) is 23.4 Å². The maximum absolute atomic E-state index is 12.1. The van der Waals surface area contributed by atoms with Crippen molar-refractivity contribution in [3.63, 3.8) is 0 Å². The number of esters is 1. The van der Waals surface area contributed by atoms with Gasteiger partial charge >= 0.3 is 5.97 Å². The Kier molecular flexibility index (Phi) is 6.50. The van der Waals surface area contributed by atoms with Gasteiger partial charge in [-0.25, -0.2) is 0 Å². The number of aromatic hydroxyl groups is 2. The lowest BCUT2D eigenvalue weighted by Gasteiger charge is -2.16. The highest BCUT2D eigenvalue weighted by molar-refractivity contribution is 5.70. The van der Waals surface area contributed by atoms with Gasteiger partial charge in [-0.1, -0.05) is 25.5 Å². The van der Waals surface area contributed by atoms with E-state index in [0.717, 1.165) is 5.57 Å². The average Bonchev–Trinajstić information content (AvgIpc) is 3.02. The molecule has 0 aliphatic carbocycles. The van der Waals surface area contributed by atoms with Crippen molar-refractivity contribution in [2.75, 3.05) is 0 Å². The Bertz CT molecular complexity index is 781. The van der Waals surface area contributed by atoms with E-state index in [4.69, 9.17) is 9.15 Å². The molecule has 0 saturated heterocycles. The van der Waals surface area contributed by atoms with E-state index in [2.05, 4.69) is 0 Å². The van der Waals surface area contributed by atoms with Crippen LogP contribution < -0.4 is 0 Å². The standard InChI is InChI=1S/C21H26O5/c1-13(2)5-8-19(26-21(24)9-14(3)4)15-10-20(25-12-15)17-11-16(22)6-7-18(17)23/h5-7,10-12,14,19,22-23H,8-9H2,1-4H3. The number of phenolic OH excluding ortho intramolecular Hbond substituents is 2. The molecule has 0 aliphatic heterocycles. The van der Waals surface area contributed by atoms with Crippen LogP contribution in [0.15, 0.2) is 46.6 Å². The van der Waals surface area contributed by atoms with Crippen LogP contribution in [-0.2, 0) is 9.53 Å². The first-order chi connectivity index (χ1) is 12.3. The molecule has 0 amide bonds. The quantitative estimate of drug-likeness (QED) is 0.396. The number of phenols is 2. The van der Waals surface area contributed by atoms with E-state index in [1.54, 1.807) is 6.07 Å². The second-order valence-corrected chi connectivity index (χ2v) is 7.04. The van der Waals surface area contributed by atoms with E-state index in [9.17, 15) is 15.0 Å². The highest BCUT2D eigenvalue weighted by atomic mass is 16.5. The van der Waals surface area contributed by atoms with Crippen LogP contribution >= 0.6 is 0 Å². The second kappa shape index (κ2) is 8.61. The average molecular weight is 358 g/mol. The zero-order valence-corrected chi connectivity index (χ0v) is 15.7. The summed E-state index contributed by atoms with van der Waals surface area (Å²) in [7, 11) is 0. The van der Waals surface area contributed by atoms with Gasteiger partial charge in [0, 0.05) is 18.4 Å². The lowest BCUT2D eigenvalue weighted by Crippen LogP contribution is -2.12. The van der Waals surface area contributed by atoms with Gasteiger partial charge in [0.15, 0.2) is 0 Å². The van der Waals surface area contributed by atoms with Gasteiger partial charge in [-0.2, -0.15) is 0 Å². The van der Waals surface area contributed by atoms with Crippen LogP contribution in [0.3, 0.4) is 0 Å². The number of benzene rings is 1. The monoisotopic (exact) mass is 358 g/mol. The second-order valence-electron chi connectivity index (χ2n) is 7.04. The Hall–Kier alpha value is -2.69. The summed E-state index contributed by atoms with van der Waals surface area (Å²) in [6, 6.07) is 5.94. The molecule has 2 N–H and O–H groups in total. The van der Waals surface area contributed by atoms with Gasteiger partial charge in [0.25, 0.3) is 0 Å². The van der Waals surface area contributed by atoms with Gasteiger partial charge < -0.3 is 19.4 Å². The van der Waals surface area contributed by atoms with Gasteiger partial charge in [0.2, 0.25) is 0 Å². The van der Waals surface area contributed by atoms with Gasteiger partial charge in [-0.15, -0.1) is 0 Å². The fourth-order valence-corrected chi connectivity index (χ4v) is 2.52. The Balaban J connectivity index is 2.27. The first kappa shape index (κ1) is 19.6. The SMILES string of the molecule is CC(C)=CCC(OC(=O)CC(C)C)c1coc(-c2cc(O)ccc2O)c1. The van der Waals surface area contributed by atoms with Crippen LogP contribution in [0.5, 0.6) is 11.5 Å². The molecule has 1 aromatic heterocycles. The molecule has 1 heterocycles. The molecule has 0 bridgehead atoms. The molecule has 140 valence electrons. The fourth-order valence-electron chi connectivity index (χ4n) is 2.52. The molecule has 0 spiro atoms. The van der Waals surface area contributed by atoms with E-state index < -0.39 is 6.10 Å². The number of allylic oxidation sites excluding steroid dienone is 1. The third-order valence-electron chi connectivity index (χ3n) is 3.83. The number of rotatable bonds is 7. The molecular formula is C21H26O5. The molecule has 2 rings (SSSR count). The maximum atomic E-state index is 12.1. The van der Waals surface area contributed by atoms with Crippen LogP contribution in [0.25, 0.3) is 11.3 Å². The summed E-state index contributed by atoms with van der Waals surface area (Å²) in [5.74, 6) is 0.392. The summed E-state index contributed by atoms with van der Waals surface area (Å²) in [5.41, 5.74) is 2.22. The molecule has 0 fully saturated rings. The number of hydrogen-bond acceptors (Lipinski definition) is 5. The number of hydrogen-bond donors (Lipinski definition) is 2. The minimum atomic E-state index is -0.465. The predicted octanol–water partition coefficient (Wildman–Crippen LogP) is 5.34. The third-order valence-corrected chi connectivity index (χ3v) is 3.83. The van der Waals surface area contributed by atoms with E-state index in [1.165, 1.54) is 24.5 Å². The van der Waals surface area contributed by atoms with Gasteiger partial charge in [-0.05, 0) is 44.0 Å². The van der Waals surface area contributed by atoms with Gasteiger partial charge in [-0.3, -0.25) is 4.79 Å². The number of furan rings is 1. The first-order valence-electron chi connectivity index (χ1n) is 8.70. The summed E-state index contributed by atoms with van der Waals surface area (Å²) in [4.78, 5) is 12.1. The molecule has 26 heavy (non-hydrogen) atoms. The van der Waals surface area contributed by atoms with Crippen LogP contribution in [0.4, 0.5) is 0 Å². The van der Waals surface area contributed by atoms with Crippen molar-refractivity contribution in [2.45, 2.75) is 46.6 Å². The van der Waals surface area contributed by atoms with E-state index in [0.29, 0.717) is 29.7 Å². The predicted molar refractivity (Wildman–Crippen MR) is 99.8 cm³/mol. The van der Waals surface area contributed by atoms with Crippen molar-refractivity contribution in [3.05, 3.63) is 47.7 Å². The molecule has 5 nitrogen and oxygen atoms in total. The number of carbonyl (C=O) groups excluding carboxylic acids is 1. The minimum Gasteiger partial charge on any atom is -0.508 e. The molecule has 1 unspecified atom stereocenters. The zero-order chi connectivity index (χ0) is 19.3. The molecule has 2 aromatic rings. The lowest BCUT2D eigenvalue weighted by atomic mass is 10.1. The first-order valence-corrected chi connectivity index (χ1v) is 8.70. The smallest absolute Gasteiger partial charge is 0.306 e. The van der Waals surface area contributed by atoms with Crippen molar-refractivity contribution in [3.8, 4) is 22.8 Å². The number of ether oxygens (including phenoxy) is 1. The Morgan fingerprint density at radius 1 is 1.23 bits per heavy atom. The molecule has 5 heteroatoms. The molecule has 0 saturated carbocycles. The molecule has 1 atom stereocenters. The van der Waals surface area contributed by atoms with Crippen molar-refractivity contribution >= 4 is 5.97 Å². The largest absolute Gasteiger partial charge is 0.508 e. The highest BCUT2D eigenvalue weighted by Gasteiger charge is 2.20. The number of carbonyl (C=O) groups is 1. The summed E-state index contributed by atoms with van der Waals surface area (Å²) >= 11 is 0. The summed E-state index contributed by atoms with van der Waals surface area (Å²) < 4.78 is 11.2. The Labute approximate surface area is 153 Å². The topological polar surface area (TPSA) is 79.9 Å². The summed E-state index contributed by atoms with van der Waals surface area (Å²) in [5, 5.41) is 19.6. The van der Waals surface area contributed by atoms with Gasteiger partial charge in [0.05, 0.1) is 11.8 Å². The van der Waals surface area contributed by atoms with Crippen molar-refractivity contribution in [2.24, 2.45) is 5.92 Å². The highest BCUT2D eigenvalue weighted by Crippen LogP contribution is 2.35. The van der Waals surface area contributed by atoms with Crippen molar-refractivity contribution in [1.29, 1.82) is 0 Å². The lowest BCUT2D eigenvalue weighted by molar-refractivity contribution is -0.150. The fraction of sp³-hybridized carbons (Fsp3) is 0.381. The molecule has 0 aliphatic rings. The molecule has 0 radical (unpaired) electrons. The van der Waals surface area contributed by atoms with Crippen molar-refractivity contribution in [1.82, 2.24) is 0 Å². The van der Waals surface area contributed by atoms with Crippen molar-refractivity contribution < 1.29 is 24.2 Å². The summed E-state index contributed by atoms with van der Waals surface area (Å²) in [6.45, 7) is 7.90. The van der Waals surface area contributed by atoms with E-state index in [1.807, 2.05) is 33.8 Å².